The van der Waals surface area contributed by atoms with Gasteiger partial charge in [0, 0.05) is 19.2 Å². The molecule has 1 aliphatic carbocycles. The molecule has 0 saturated heterocycles. The monoisotopic (exact) mass is 363 g/mol. The molecule has 4 nitrogen and oxygen atoms in total. The summed E-state index contributed by atoms with van der Waals surface area (Å²) >= 11 is 1.75. The van der Waals surface area contributed by atoms with E-state index in [-0.39, 0.29) is 0 Å². The van der Waals surface area contributed by atoms with E-state index in [1.807, 2.05) is 23.9 Å². The number of rotatable bonds is 4. The molecule has 0 radical (unpaired) electrons. The van der Waals surface area contributed by atoms with Crippen molar-refractivity contribution in [1.82, 2.24) is 9.78 Å². The van der Waals surface area contributed by atoms with Gasteiger partial charge in [0.15, 0.2) is 0 Å². The van der Waals surface area contributed by atoms with Crippen LogP contribution in [0, 0.1) is 0 Å². The Bertz CT molecular complexity index is 919. The van der Waals surface area contributed by atoms with Gasteiger partial charge in [0.05, 0.1) is 17.0 Å². The van der Waals surface area contributed by atoms with Crippen molar-refractivity contribution in [3.8, 4) is 0 Å². The van der Waals surface area contributed by atoms with Crippen molar-refractivity contribution in [2.75, 3.05) is 0 Å². The summed E-state index contributed by atoms with van der Waals surface area (Å²) in [5, 5.41) is 19.1. The predicted molar refractivity (Wildman–Crippen MR) is 105 cm³/mol. The van der Waals surface area contributed by atoms with Crippen LogP contribution in [0.25, 0.3) is 0 Å². The van der Waals surface area contributed by atoms with Crippen LogP contribution in [0.5, 0.6) is 0 Å². The molecule has 0 saturated carbocycles. The molecule has 3 aromatic rings. The second-order valence-corrected chi connectivity index (χ2v) is 7.55. The second kappa shape index (κ2) is 7.38. The van der Waals surface area contributed by atoms with Gasteiger partial charge in [-0.3, -0.25) is 4.68 Å². The van der Waals surface area contributed by atoms with E-state index >= 15 is 0 Å². The summed E-state index contributed by atoms with van der Waals surface area (Å²) in [6.45, 7) is 0. The van der Waals surface area contributed by atoms with Crippen molar-refractivity contribution in [3.05, 3.63) is 83.0 Å². The van der Waals surface area contributed by atoms with Gasteiger partial charge in [0.2, 0.25) is 0 Å². The zero-order valence-electron chi connectivity index (χ0n) is 14.7. The molecule has 1 aromatic heterocycles. The van der Waals surface area contributed by atoms with Crippen molar-refractivity contribution < 1.29 is 5.21 Å². The molecule has 4 rings (SSSR count). The van der Waals surface area contributed by atoms with E-state index in [1.165, 1.54) is 11.1 Å². The minimum atomic E-state index is 0.302. The molecule has 1 atom stereocenters. The molecule has 0 aliphatic heterocycles. The highest BCUT2D eigenvalue weighted by Crippen LogP contribution is 2.38. The zero-order chi connectivity index (χ0) is 17.9. The first-order chi connectivity index (χ1) is 12.8. The van der Waals surface area contributed by atoms with Crippen molar-refractivity contribution >= 4 is 17.5 Å². The van der Waals surface area contributed by atoms with Crippen LogP contribution in [-0.2, 0) is 19.2 Å². The SMILES string of the molecule is Cn1nc2c(c1SCc1ccccc1)/C(=N/O)CC(c1ccccc1)C2. The van der Waals surface area contributed by atoms with E-state index < -0.39 is 0 Å². The second-order valence-electron chi connectivity index (χ2n) is 6.59. The average Bonchev–Trinajstić information content (AvgIpc) is 3.02. The fraction of sp³-hybridized carbons (Fsp3) is 0.238. The van der Waals surface area contributed by atoms with E-state index in [1.54, 1.807) is 11.8 Å². The van der Waals surface area contributed by atoms with Crippen molar-refractivity contribution in [2.24, 2.45) is 12.2 Å². The Morgan fingerprint density at radius 3 is 2.46 bits per heavy atom. The summed E-state index contributed by atoms with van der Waals surface area (Å²) in [5.41, 5.74) is 5.32. The number of oxime groups is 1. The van der Waals surface area contributed by atoms with Gasteiger partial charge in [-0.2, -0.15) is 5.10 Å². The average molecular weight is 363 g/mol. The maximum atomic E-state index is 9.66. The van der Waals surface area contributed by atoms with Crippen LogP contribution in [0.2, 0.25) is 0 Å². The Balaban J connectivity index is 1.63. The third-order valence-electron chi connectivity index (χ3n) is 4.85. The van der Waals surface area contributed by atoms with E-state index in [0.717, 1.165) is 40.6 Å². The van der Waals surface area contributed by atoms with Gasteiger partial charge in [-0.25, -0.2) is 0 Å². The minimum absolute atomic E-state index is 0.302. The summed E-state index contributed by atoms with van der Waals surface area (Å²) in [7, 11) is 1.97. The predicted octanol–water partition coefficient (Wildman–Crippen LogP) is 4.62. The lowest BCUT2D eigenvalue weighted by molar-refractivity contribution is 0.316. The zero-order valence-corrected chi connectivity index (χ0v) is 15.5. The fourth-order valence-electron chi connectivity index (χ4n) is 3.58. The quantitative estimate of drug-likeness (QED) is 0.418. The number of benzene rings is 2. The number of aromatic nitrogens is 2. The lowest BCUT2D eigenvalue weighted by Crippen LogP contribution is -2.19. The van der Waals surface area contributed by atoms with E-state index in [9.17, 15) is 5.21 Å². The number of hydrogen-bond acceptors (Lipinski definition) is 4. The first-order valence-electron chi connectivity index (χ1n) is 8.75. The maximum Gasteiger partial charge on any atom is 0.103 e. The molecule has 1 heterocycles. The number of fused-ring (bicyclic) bond motifs is 1. The molecule has 0 spiro atoms. The first kappa shape index (κ1) is 16.9. The Labute approximate surface area is 157 Å². The van der Waals surface area contributed by atoms with Gasteiger partial charge in [0.25, 0.3) is 0 Å². The van der Waals surface area contributed by atoms with Crippen molar-refractivity contribution in [1.29, 1.82) is 0 Å². The Morgan fingerprint density at radius 1 is 1.08 bits per heavy atom. The summed E-state index contributed by atoms with van der Waals surface area (Å²) in [4.78, 5) is 0. The number of hydrogen-bond donors (Lipinski definition) is 1. The summed E-state index contributed by atoms with van der Waals surface area (Å²) in [6.07, 6.45) is 1.61. The maximum absolute atomic E-state index is 9.66. The highest BCUT2D eigenvalue weighted by Gasteiger charge is 2.31. The Hall–Kier alpha value is -2.53. The van der Waals surface area contributed by atoms with E-state index in [0.29, 0.717) is 5.92 Å². The third-order valence-corrected chi connectivity index (χ3v) is 6.06. The largest absolute Gasteiger partial charge is 0.411 e. The van der Waals surface area contributed by atoms with Crippen LogP contribution in [0.1, 0.15) is 34.7 Å². The van der Waals surface area contributed by atoms with Crippen LogP contribution in [0.3, 0.4) is 0 Å². The molecule has 0 bridgehead atoms. The summed E-state index contributed by atoms with van der Waals surface area (Å²) < 4.78 is 1.93. The Kier molecular flexibility index (Phi) is 4.80. The molecule has 132 valence electrons. The molecule has 1 aliphatic rings. The first-order valence-corrected chi connectivity index (χ1v) is 9.73. The van der Waals surface area contributed by atoms with Gasteiger partial charge in [-0.1, -0.05) is 65.8 Å². The normalized spacial score (nSPS) is 18.0. The van der Waals surface area contributed by atoms with Gasteiger partial charge >= 0.3 is 0 Å². The van der Waals surface area contributed by atoms with Crippen molar-refractivity contribution in [3.63, 3.8) is 0 Å². The van der Waals surface area contributed by atoms with E-state index in [2.05, 4.69) is 53.7 Å². The standard InChI is InChI=1S/C21H21N3OS/c1-24-21(26-14-15-8-4-2-5-9-15)20-18(22-24)12-17(13-19(20)23-25)16-10-6-3-7-11-16/h2-11,17,25H,12-14H2,1H3/b23-19+. The van der Waals surface area contributed by atoms with Crippen LogP contribution < -0.4 is 0 Å². The molecular weight excluding hydrogens is 342 g/mol. The molecular formula is C21H21N3OS. The molecule has 5 heteroatoms. The lowest BCUT2D eigenvalue weighted by Gasteiger charge is -2.23. The molecule has 0 fully saturated rings. The Morgan fingerprint density at radius 2 is 1.77 bits per heavy atom. The summed E-state index contributed by atoms with van der Waals surface area (Å²) in [5.74, 6) is 1.17. The molecule has 1 unspecified atom stereocenters. The number of aryl methyl sites for hydroxylation is 1. The molecule has 26 heavy (non-hydrogen) atoms. The van der Waals surface area contributed by atoms with Gasteiger partial charge < -0.3 is 5.21 Å². The van der Waals surface area contributed by atoms with Crippen LogP contribution >= 0.6 is 11.8 Å². The topological polar surface area (TPSA) is 50.4 Å². The highest BCUT2D eigenvalue weighted by molar-refractivity contribution is 7.98. The third kappa shape index (κ3) is 3.27. The molecule has 2 aromatic carbocycles. The number of thioether (sulfide) groups is 1. The van der Waals surface area contributed by atoms with Crippen LogP contribution in [0.4, 0.5) is 0 Å². The van der Waals surface area contributed by atoms with Gasteiger partial charge in [0.1, 0.15) is 5.03 Å². The summed E-state index contributed by atoms with van der Waals surface area (Å²) in [6, 6.07) is 20.8. The lowest BCUT2D eigenvalue weighted by atomic mass is 9.82. The van der Waals surface area contributed by atoms with Crippen LogP contribution in [-0.4, -0.2) is 20.7 Å². The van der Waals surface area contributed by atoms with Crippen molar-refractivity contribution in [2.45, 2.75) is 29.5 Å². The smallest absolute Gasteiger partial charge is 0.103 e. The van der Waals surface area contributed by atoms with E-state index in [4.69, 9.17) is 5.10 Å². The number of nitrogens with zero attached hydrogens (tertiary/aromatic N) is 3. The molecule has 1 N–H and O–H groups in total. The molecule has 0 amide bonds. The van der Waals surface area contributed by atoms with Gasteiger partial charge in [-0.05, 0) is 23.5 Å². The highest BCUT2D eigenvalue weighted by atomic mass is 32.2. The minimum Gasteiger partial charge on any atom is -0.411 e. The van der Waals surface area contributed by atoms with Crippen LogP contribution in [0.15, 0.2) is 70.8 Å². The van der Waals surface area contributed by atoms with Gasteiger partial charge in [-0.15, -0.1) is 11.8 Å². The fourth-order valence-corrected chi connectivity index (χ4v) is 4.68.